The normalized spacial score (nSPS) is 17.8. The quantitative estimate of drug-likeness (QED) is 0.844. The van der Waals surface area contributed by atoms with Gasteiger partial charge in [0.25, 0.3) is 0 Å². The Kier molecular flexibility index (Phi) is 6.63. The molecule has 0 saturated carbocycles. The number of aromatic nitrogens is 1. The van der Waals surface area contributed by atoms with E-state index in [1.807, 2.05) is 17.0 Å². The molecule has 2 aromatic heterocycles. The van der Waals surface area contributed by atoms with Crippen molar-refractivity contribution >= 4 is 17.4 Å². The summed E-state index contributed by atoms with van der Waals surface area (Å²) in [5.74, 6) is 0.546. The van der Waals surface area contributed by atoms with Gasteiger partial charge in [0.1, 0.15) is 0 Å². The van der Waals surface area contributed by atoms with Crippen molar-refractivity contribution in [2.75, 3.05) is 26.7 Å². The monoisotopic (exact) mass is 372 g/mol. The molecule has 26 heavy (non-hydrogen) atoms. The molecule has 6 heteroatoms. The van der Waals surface area contributed by atoms with Crippen LogP contribution < -0.4 is 5.32 Å². The van der Waals surface area contributed by atoms with E-state index in [1.165, 1.54) is 22.6 Å². The van der Waals surface area contributed by atoms with Crippen LogP contribution in [-0.4, -0.2) is 47.5 Å². The number of carbonyl (C=O) groups is 1. The minimum Gasteiger partial charge on any atom is -0.338 e. The molecular formula is C20H28N4OS. The second kappa shape index (κ2) is 9.14. The number of amides is 2. The predicted molar refractivity (Wildman–Crippen MR) is 106 cm³/mol. The Morgan fingerprint density at radius 2 is 2.12 bits per heavy atom. The second-order valence-corrected chi connectivity index (χ2v) is 8.55. The number of pyridine rings is 1. The van der Waals surface area contributed by atoms with Crippen molar-refractivity contribution in [3.05, 3.63) is 52.0 Å². The molecule has 0 radical (unpaired) electrons. The molecule has 5 nitrogen and oxygen atoms in total. The summed E-state index contributed by atoms with van der Waals surface area (Å²) in [6.45, 7) is 6.30. The van der Waals surface area contributed by atoms with Gasteiger partial charge in [0.15, 0.2) is 0 Å². The first-order chi connectivity index (χ1) is 12.6. The van der Waals surface area contributed by atoms with Gasteiger partial charge < -0.3 is 15.1 Å². The van der Waals surface area contributed by atoms with Gasteiger partial charge in [-0.15, -0.1) is 11.3 Å². The Hall–Kier alpha value is -1.92. The van der Waals surface area contributed by atoms with Gasteiger partial charge >= 0.3 is 6.03 Å². The highest BCUT2D eigenvalue weighted by Crippen LogP contribution is 2.19. The lowest BCUT2D eigenvalue weighted by Gasteiger charge is -2.30. The average molecular weight is 373 g/mol. The number of nitrogens with one attached hydrogen (secondary N) is 1. The fourth-order valence-corrected chi connectivity index (χ4v) is 4.36. The molecule has 2 amide bonds. The molecule has 0 aliphatic carbocycles. The smallest absolute Gasteiger partial charge is 0.318 e. The number of hydrogen-bond donors (Lipinski definition) is 1. The minimum absolute atomic E-state index is 0.0149. The highest BCUT2D eigenvalue weighted by molar-refractivity contribution is 7.11. The molecule has 0 unspecified atom stereocenters. The van der Waals surface area contributed by atoms with Gasteiger partial charge in [-0.3, -0.25) is 4.98 Å². The molecule has 0 spiro atoms. The minimum atomic E-state index is 0.0149. The van der Waals surface area contributed by atoms with Crippen molar-refractivity contribution in [2.24, 2.45) is 5.92 Å². The number of aryl methyl sites for hydroxylation is 1. The molecule has 3 heterocycles. The van der Waals surface area contributed by atoms with Crippen LogP contribution in [0.3, 0.4) is 0 Å². The summed E-state index contributed by atoms with van der Waals surface area (Å²) < 4.78 is 0. The largest absolute Gasteiger partial charge is 0.338 e. The van der Waals surface area contributed by atoms with Crippen LogP contribution in [0.2, 0.25) is 0 Å². The van der Waals surface area contributed by atoms with Crippen LogP contribution in [0.4, 0.5) is 4.79 Å². The highest BCUT2D eigenvalue weighted by atomic mass is 32.1. The van der Waals surface area contributed by atoms with E-state index < -0.39 is 0 Å². The molecule has 3 rings (SSSR count). The standard InChI is InChI=1S/C20H28N4OS/c1-16-5-6-19(26-16)15-24(14-17-7-9-21-10-8-17)20(25)22-12-18-4-3-11-23(2)13-18/h5-10,18H,3-4,11-15H2,1-2H3,(H,22,25)/t18-/m0/s1. The zero-order valence-electron chi connectivity index (χ0n) is 15.6. The van der Waals surface area contributed by atoms with E-state index in [1.54, 1.807) is 23.7 Å². The lowest BCUT2D eigenvalue weighted by Crippen LogP contribution is -2.44. The SMILES string of the molecule is Cc1ccc(CN(Cc2ccncc2)C(=O)NC[C@@H]2CCCN(C)C2)s1. The molecule has 140 valence electrons. The van der Waals surface area contributed by atoms with Crippen molar-refractivity contribution in [2.45, 2.75) is 32.9 Å². The molecule has 1 aliphatic rings. The van der Waals surface area contributed by atoms with Gasteiger partial charge in [-0.2, -0.15) is 0 Å². The molecule has 1 atom stereocenters. The summed E-state index contributed by atoms with van der Waals surface area (Å²) >= 11 is 1.75. The van der Waals surface area contributed by atoms with Gasteiger partial charge in [0.2, 0.25) is 0 Å². The summed E-state index contributed by atoms with van der Waals surface area (Å²) in [7, 11) is 2.16. The van der Waals surface area contributed by atoms with Gasteiger partial charge in [0.05, 0.1) is 6.54 Å². The molecule has 2 aromatic rings. The van der Waals surface area contributed by atoms with Crippen LogP contribution in [0.1, 0.15) is 28.2 Å². The first-order valence-electron chi connectivity index (χ1n) is 9.25. The van der Waals surface area contributed by atoms with Crippen LogP contribution in [0, 0.1) is 12.8 Å². The number of carbonyl (C=O) groups excluding carboxylic acids is 1. The van der Waals surface area contributed by atoms with E-state index in [0.717, 1.165) is 25.2 Å². The molecule has 0 aromatic carbocycles. The Labute approximate surface area is 160 Å². The molecule has 1 aliphatic heterocycles. The maximum atomic E-state index is 12.9. The molecule has 0 bridgehead atoms. The number of rotatable bonds is 6. The fraction of sp³-hybridized carbons (Fsp3) is 0.500. The van der Waals surface area contributed by atoms with Crippen LogP contribution >= 0.6 is 11.3 Å². The van der Waals surface area contributed by atoms with E-state index in [4.69, 9.17) is 0 Å². The van der Waals surface area contributed by atoms with E-state index in [-0.39, 0.29) is 6.03 Å². The van der Waals surface area contributed by atoms with Gasteiger partial charge in [0, 0.05) is 41.8 Å². The molecule has 1 N–H and O–H groups in total. The third kappa shape index (κ3) is 5.54. The number of likely N-dealkylation sites (tertiary alicyclic amines) is 1. The summed E-state index contributed by atoms with van der Waals surface area (Å²) in [6, 6.07) is 8.18. The lowest BCUT2D eigenvalue weighted by atomic mass is 9.99. The summed E-state index contributed by atoms with van der Waals surface area (Å²) in [5.41, 5.74) is 1.10. The maximum absolute atomic E-state index is 12.9. The Bertz CT molecular complexity index is 703. The number of piperidine rings is 1. The second-order valence-electron chi connectivity index (χ2n) is 7.18. The van der Waals surface area contributed by atoms with Crippen molar-refractivity contribution in [1.82, 2.24) is 20.1 Å². The highest BCUT2D eigenvalue weighted by Gasteiger charge is 2.20. The van der Waals surface area contributed by atoms with Crippen LogP contribution in [-0.2, 0) is 13.1 Å². The van der Waals surface area contributed by atoms with E-state index in [0.29, 0.717) is 19.0 Å². The number of hydrogen-bond acceptors (Lipinski definition) is 4. The summed E-state index contributed by atoms with van der Waals surface area (Å²) in [6.07, 6.45) is 5.96. The zero-order valence-corrected chi connectivity index (χ0v) is 16.5. The van der Waals surface area contributed by atoms with Crippen molar-refractivity contribution in [3.8, 4) is 0 Å². The van der Waals surface area contributed by atoms with E-state index in [9.17, 15) is 4.79 Å². The fourth-order valence-electron chi connectivity index (χ4n) is 3.45. The van der Waals surface area contributed by atoms with Crippen molar-refractivity contribution in [1.29, 1.82) is 0 Å². The molecule has 1 saturated heterocycles. The van der Waals surface area contributed by atoms with Crippen molar-refractivity contribution in [3.63, 3.8) is 0 Å². The van der Waals surface area contributed by atoms with E-state index in [2.05, 4.69) is 41.3 Å². The first kappa shape index (κ1) is 18.9. The summed E-state index contributed by atoms with van der Waals surface area (Å²) in [5, 5.41) is 3.17. The topological polar surface area (TPSA) is 48.5 Å². The Balaban J connectivity index is 1.62. The third-order valence-electron chi connectivity index (χ3n) is 4.82. The van der Waals surface area contributed by atoms with E-state index >= 15 is 0 Å². The summed E-state index contributed by atoms with van der Waals surface area (Å²) in [4.78, 5) is 23.7. The van der Waals surface area contributed by atoms with Crippen LogP contribution in [0.15, 0.2) is 36.7 Å². The van der Waals surface area contributed by atoms with Gasteiger partial charge in [-0.1, -0.05) is 0 Å². The lowest BCUT2D eigenvalue weighted by molar-refractivity contribution is 0.179. The number of thiophene rings is 1. The number of nitrogens with zero attached hydrogens (tertiary/aromatic N) is 3. The predicted octanol–water partition coefficient (Wildman–Crippen LogP) is 3.51. The molecular weight excluding hydrogens is 344 g/mol. The van der Waals surface area contributed by atoms with Crippen molar-refractivity contribution < 1.29 is 4.79 Å². The van der Waals surface area contributed by atoms with Crippen LogP contribution in [0.5, 0.6) is 0 Å². The Morgan fingerprint density at radius 1 is 1.31 bits per heavy atom. The van der Waals surface area contributed by atoms with Gasteiger partial charge in [-0.25, -0.2) is 4.79 Å². The average Bonchev–Trinajstić information content (AvgIpc) is 3.05. The first-order valence-corrected chi connectivity index (χ1v) is 10.1. The van der Waals surface area contributed by atoms with Gasteiger partial charge in [-0.05, 0) is 69.1 Å². The molecule has 1 fully saturated rings. The zero-order chi connectivity index (χ0) is 18.4. The number of urea groups is 1. The Morgan fingerprint density at radius 3 is 2.81 bits per heavy atom. The van der Waals surface area contributed by atoms with Crippen LogP contribution in [0.25, 0.3) is 0 Å². The third-order valence-corrected chi connectivity index (χ3v) is 5.80. The maximum Gasteiger partial charge on any atom is 0.318 e.